The molecule has 4 aromatic rings. The van der Waals surface area contributed by atoms with E-state index in [2.05, 4.69) is 25.6 Å². The second-order valence-electron chi connectivity index (χ2n) is 10.2. The quantitative estimate of drug-likeness (QED) is 0.216. The second-order valence-corrected chi connectivity index (χ2v) is 11.8. The lowest BCUT2D eigenvalue weighted by atomic mass is 9.81. The lowest BCUT2D eigenvalue weighted by molar-refractivity contribution is -0.186. The van der Waals surface area contributed by atoms with E-state index in [0.29, 0.717) is 41.6 Å². The van der Waals surface area contributed by atoms with Gasteiger partial charge in [-0.2, -0.15) is 18.2 Å². The molecule has 1 atom stereocenters. The normalized spacial score (nSPS) is 16.3. The minimum Gasteiger partial charge on any atom is -0.354 e. The van der Waals surface area contributed by atoms with Crippen molar-refractivity contribution in [2.24, 2.45) is 5.14 Å². The zero-order valence-electron chi connectivity index (χ0n) is 22.0. The highest BCUT2D eigenvalue weighted by atomic mass is 32.2. The van der Waals surface area contributed by atoms with Gasteiger partial charge in [0.2, 0.25) is 16.0 Å². The minimum atomic E-state index is -4.54. The Kier molecular flexibility index (Phi) is 7.60. The van der Waals surface area contributed by atoms with E-state index in [1.54, 1.807) is 31.2 Å². The van der Waals surface area contributed by atoms with Crippen LogP contribution in [-0.2, 0) is 10.0 Å². The first kappa shape index (κ1) is 28.7. The Bertz CT molecular complexity index is 1660. The van der Waals surface area contributed by atoms with Crippen LogP contribution in [0.15, 0.2) is 65.6 Å². The molecule has 13 heteroatoms. The molecule has 1 aliphatic carbocycles. The first-order chi connectivity index (χ1) is 19.3. The van der Waals surface area contributed by atoms with Crippen LogP contribution in [0.3, 0.4) is 0 Å². The smallest absolute Gasteiger partial charge is 0.354 e. The van der Waals surface area contributed by atoms with E-state index in [1.807, 2.05) is 0 Å². The van der Waals surface area contributed by atoms with Crippen molar-refractivity contribution in [2.45, 2.75) is 61.7 Å². The number of hydrogen-bond acceptors (Lipinski definition) is 7. The summed E-state index contributed by atoms with van der Waals surface area (Å²) in [5.74, 6) is -0.432. The number of halogens is 4. The van der Waals surface area contributed by atoms with Crippen molar-refractivity contribution in [1.29, 1.82) is 0 Å². The summed E-state index contributed by atoms with van der Waals surface area (Å²) >= 11 is 0. The zero-order valence-corrected chi connectivity index (χ0v) is 22.9. The maximum Gasteiger partial charge on any atom is 0.411 e. The van der Waals surface area contributed by atoms with E-state index >= 15 is 0 Å². The molecule has 0 aliphatic heterocycles. The Hall–Kier alpha value is -3.84. The van der Waals surface area contributed by atoms with Gasteiger partial charge in [-0.05, 0) is 73.9 Å². The molecule has 1 aliphatic rings. The van der Waals surface area contributed by atoms with Gasteiger partial charge in [-0.1, -0.05) is 31.4 Å². The molecule has 0 spiro atoms. The predicted octanol–water partition coefficient (Wildman–Crippen LogP) is 6.33. The molecule has 41 heavy (non-hydrogen) atoms. The van der Waals surface area contributed by atoms with Gasteiger partial charge in [0.1, 0.15) is 16.9 Å². The molecule has 1 saturated carbocycles. The number of alkyl halides is 3. The van der Waals surface area contributed by atoms with Crippen molar-refractivity contribution in [1.82, 2.24) is 15.0 Å². The Balaban J connectivity index is 1.56. The summed E-state index contributed by atoms with van der Waals surface area (Å²) in [6.45, 7) is 1.78. The molecule has 1 fully saturated rings. The van der Waals surface area contributed by atoms with Crippen LogP contribution in [0.5, 0.6) is 0 Å². The molecule has 2 aromatic carbocycles. The van der Waals surface area contributed by atoms with Gasteiger partial charge in [0, 0.05) is 5.56 Å². The number of hydrogen-bond donors (Lipinski definition) is 3. The number of benzene rings is 2. The van der Waals surface area contributed by atoms with E-state index in [4.69, 9.17) is 5.14 Å². The molecule has 2 heterocycles. The lowest BCUT2D eigenvalue weighted by Crippen LogP contribution is -2.53. The Morgan fingerprint density at radius 1 is 0.902 bits per heavy atom. The highest BCUT2D eigenvalue weighted by Gasteiger charge is 2.55. The molecule has 216 valence electrons. The average Bonchev–Trinajstić information content (AvgIpc) is 2.93. The van der Waals surface area contributed by atoms with Crippen LogP contribution in [0, 0.1) is 5.82 Å². The van der Waals surface area contributed by atoms with Crippen LogP contribution in [0.2, 0.25) is 0 Å². The summed E-state index contributed by atoms with van der Waals surface area (Å²) in [4.78, 5) is 13.5. The van der Waals surface area contributed by atoms with Gasteiger partial charge in [-0.15, -0.1) is 0 Å². The molecule has 2 aromatic heterocycles. The number of sulfonamides is 1. The number of nitrogens with zero attached hydrogens (tertiary/aromatic N) is 3. The third kappa shape index (κ3) is 6.10. The van der Waals surface area contributed by atoms with E-state index in [1.165, 1.54) is 36.4 Å². The molecule has 5 rings (SSSR count). The van der Waals surface area contributed by atoms with Crippen LogP contribution < -0.4 is 15.8 Å². The largest absolute Gasteiger partial charge is 0.411 e. The number of rotatable bonds is 7. The fraction of sp³-hybridized carbons (Fsp3) is 0.321. The van der Waals surface area contributed by atoms with Crippen molar-refractivity contribution in [3.05, 3.63) is 72.0 Å². The van der Waals surface area contributed by atoms with Crippen LogP contribution in [0.1, 0.15) is 50.6 Å². The van der Waals surface area contributed by atoms with Gasteiger partial charge >= 0.3 is 6.18 Å². The maximum absolute atomic E-state index is 14.5. The Labute approximate surface area is 234 Å². The summed E-state index contributed by atoms with van der Waals surface area (Å²) in [7, 11) is -3.86. The van der Waals surface area contributed by atoms with Crippen LogP contribution >= 0.6 is 0 Å². The summed E-state index contributed by atoms with van der Waals surface area (Å²) in [6, 6.07) is 14.4. The first-order valence-corrected chi connectivity index (χ1v) is 14.6. The number of nitrogens with one attached hydrogen (secondary N) is 2. The molecule has 0 bridgehead atoms. The molecule has 0 saturated heterocycles. The molecule has 4 N–H and O–H groups in total. The lowest BCUT2D eigenvalue weighted by Gasteiger charge is -2.40. The molecular weight excluding hydrogens is 560 g/mol. The Morgan fingerprint density at radius 3 is 2.17 bits per heavy atom. The van der Waals surface area contributed by atoms with Gasteiger partial charge in [0.25, 0.3) is 0 Å². The third-order valence-electron chi connectivity index (χ3n) is 7.34. The van der Waals surface area contributed by atoms with Crippen molar-refractivity contribution >= 4 is 32.8 Å². The van der Waals surface area contributed by atoms with Crippen molar-refractivity contribution in [2.75, 3.05) is 10.6 Å². The molecular formula is C28H28F4N6O2S. The van der Waals surface area contributed by atoms with Gasteiger partial charge in [-0.3, -0.25) is 0 Å². The number of nitrogens with two attached hydrogens (primary N) is 1. The standard InChI is InChI=1S/C28H28F4N6O2S/c1-17(18-7-11-21(12-8-18)41(33,39)40)34-26-36-23-14-13-22(19-5-9-20(29)10-6-19)35-24(23)25(37-26)38-27(28(30,31)32)15-3-2-4-16-27/h5-14,17H,2-4,15-16H2,1H3,(H2,33,39,40)(H2,34,36,37,38)/t17-/m1/s1. The van der Waals surface area contributed by atoms with Crippen molar-refractivity contribution in [3.63, 3.8) is 0 Å². The zero-order chi connectivity index (χ0) is 29.4. The summed E-state index contributed by atoms with van der Waals surface area (Å²) in [6.07, 6.45) is -3.19. The first-order valence-electron chi connectivity index (χ1n) is 13.0. The van der Waals surface area contributed by atoms with Gasteiger partial charge < -0.3 is 10.6 Å². The molecule has 8 nitrogen and oxygen atoms in total. The number of anilines is 2. The molecule has 0 amide bonds. The van der Waals surface area contributed by atoms with Crippen LogP contribution in [0.4, 0.5) is 29.3 Å². The second kappa shape index (κ2) is 10.9. The van der Waals surface area contributed by atoms with Crippen molar-refractivity contribution in [3.8, 4) is 11.3 Å². The van der Waals surface area contributed by atoms with Crippen molar-refractivity contribution < 1.29 is 26.0 Å². The highest BCUT2D eigenvalue weighted by Crippen LogP contribution is 2.44. The highest BCUT2D eigenvalue weighted by molar-refractivity contribution is 7.89. The minimum absolute atomic E-state index is 0.0464. The third-order valence-corrected chi connectivity index (χ3v) is 8.27. The summed E-state index contributed by atoms with van der Waals surface area (Å²) in [5.41, 5.74) is -0.0250. The van der Waals surface area contributed by atoms with E-state index in [0.717, 1.165) is 0 Å². The molecule has 0 radical (unpaired) electrons. The number of fused-ring (bicyclic) bond motifs is 1. The molecule has 0 unspecified atom stereocenters. The van der Waals surface area contributed by atoms with E-state index < -0.39 is 33.6 Å². The van der Waals surface area contributed by atoms with Gasteiger partial charge in [0.05, 0.1) is 22.1 Å². The summed E-state index contributed by atoms with van der Waals surface area (Å²) < 4.78 is 80.1. The predicted molar refractivity (Wildman–Crippen MR) is 148 cm³/mol. The van der Waals surface area contributed by atoms with Gasteiger partial charge in [0.15, 0.2) is 5.82 Å². The summed E-state index contributed by atoms with van der Waals surface area (Å²) in [5, 5.41) is 11.0. The Morgan fingerprint density at radius 2 is 1.56 bits per heavy atom. The van der Waals surface area contributed by atoms with Gasteiger partial charge in [-0.25, -0.2) is 27.9 Å². The fourth-order valence-corrected chi connectivity index (χ4v) is 5.55. The SMILES string of the molecule is C[C@@H](Nc1nc(NC2(C(F)(F)F)CCCCC2)c2nc(-c3ccc(F)cc3)ccc2n1)c1ccc(S(N)(=O)=O)cc1. The monoisotopic (exact) mass is 588 g/mol. The fourth-order valence-electron chi connectivity index (χ4n) is 5.03. The number of aromatic nitrogens is 3. The van der Waals surface area contributed by atoms with Crippen LogP contribution in [0.25, 0.3) is 22.3 Å². The number of pyridine rings is 1. The van der Waals surface area contributed by atoms with Crippen LogP contribution in [-0.4, -0.2) is 35.1 Å². The van der Waals surface area contributed by atoms with E-state index in [-0.39, 0.29) is 35.0 Å². The van der Waals surface area contributed by atoms with E-state index in [9.17, 15) is 26.0 Å². The number of primary sulfonamides is 1. The average molecular weight is 589 g/mol. The maximum atomic E-state index is 14.5. The topological polar surface area (TPSA) is 123 Å².